The highest BCUT2D eigenvalue weighted by Crippen LogP contribution is 2.56. The lowest BCUT2D eigenvalue weighted by Gasteiger charge is -2.40. The van der Waals surface area contributed by atoms with Gasteiger partial charge in [0, 0.05) is 65.8 Å². The van der Waals surface area contributed by atoms with Crippen molar-refractivity contribution in [3.05, 3.63) is 152 Å². The normalized spacial score (nSPS) is 20.3. The van der Waals surface area contributed by atoms with Crippen LogP contribution in [0.4, 0.5) is 0 Å². The minimum absolute atomic E-state index is 0.00438. The summed E-state index contributed by atoms with van der Waals surface area (Å²) in [5.74, 6) is -0.892. The lowest BCUT2D eigenvalue weighted by atomic mass is 9.73. The maximum Gasteiger partial charge on any atom is 0.311 e. The number of hydrogen-bond acceptors (Lipinski definition) is 4. The number of aliphatic carboxylic acids is 1. The van der Waals surface area contributed by atoms with E-state index in [4.69, 9.17) is 23.2 Å². The smallest absolute Gasteiger partial charge is 0.311 e. The molecular weight excluding hydrogens is 767 g/mol. The minimum Gasteiger partial charge on any atom is -0.481 e. The van der Waals surface area contributed by atoms with Crippen LogP contribution in [0.25, 0.3) is 12.2 Å². The molecule has 0 saturated carbocycles. The number of carbonyl (C=O) groups is 3. The van der Waals surface area contributed by atoms with Crippen LogP contribution in [-0.2, 0) is 25.2 Å². The van der Waals surface area contributed by atoms with Gasteiger partial charge in [-0.3, -0.25) is 14.4 Å². The molecule has 2 aliphatic carbocycles. The lowest BCUT2D eigenvalue weighted by molar-refractivity contribution is -0.139. The molecule has 2 amide bonds. The van der Waals surface area contributed by atoms with Gasteiger partial charge in [-0.25, -0.2) is 0 Å². The predicted molar refractivity (Wildman–Crippen MR) is 232 cm³/mol. The number of likely N-dealkylation sites (tertiary alicyclic amines) is 2. The molecule has 9 heteroatoms. The Balaban J connectivity index is 0.000000177. The van der Waals surface area contributed by atoms with Gasteiger partial charge in [0.25, 0.3) is 0 Å². The standard InChI is InChI=1S/C25H28ClNO2.C24H24ClNO3/c1-18-5-2-3-6-19(18)9-10-23(29)27-14-12-25(13-15-27)17-20(11-16-28)21-7-4-8-22(26)24(21)25;1-16-5-2-3-6-17(16)9-10-21(27)26-13-11-24(12-14-26)15-19(23(28)29)18-7-4-8-20(25)22(18)24/h2-10,20,28H,11-17H2,1H3;2-10,19H,11-15H2,1H3,(H,28,29)/b2*10-9+. The summed E-state index contributed by atoms with van der Waals surface area (Å²) in [6.07, 6.45) is 12.8. The second kappa shape index (κ2) is 17.7. The van der Waals surface area contributed by atoms with E-state index in [0.717, 1.165) is 84.5 Å². The molecule has 302 valence electrons. The van der Waals surface area contributed by atoms with Crippen LogP contribution in [0.2, 0.25) is 10.0 Å². The number of aliphatic hydroxyl groups excluding tert-OH is 1. The summed E-state index contributed by atoms with van der Waals surface area (Å²) in [5, 5.41) is 20.7. The second-order valence-electron chi connectivity index (χ2n) is 16.5. The average molecular weight is 820 g/mol. The highest BCUT2D eigenvalue weighted by atomic mass is 35.5. The van der Waals surface area contributed by atoms with Crippen molar-refractivity contribution >= 4 is 53.1 Å². The average Bonchev–Trinajstić information content (AvgIpc) is 3.71. The summed E-state index contributed by atoms with van der Waals surface area (Å²) in [7, 11) is 0. The van der Waals surface area contributed by atoms with E-state index in [2.05, 4.69) is 19.1 Å². The number of hydrogen-bond donors (Lipinski definition) is 2. The van der Waals surface area contributed by atoms with Crippen LogP contribution in [-0.4, -0.2) is 70.6 Å². The molecule has 2 aliphatic heterocycles. The first-order chi connectivity index (χ1) is 27.9. The zero-order valence-electron chi connectivity index (χ0n) is 33.3. The molecule has 4 aliphatic rings. The Kier molecular flexibility index (Phi) is 12.6. The summed E-state index contributed by atoms with van der Waals surface area (Å²) in [5.41, 5.74) is 8.58. The topological polar surface area (TPSA) is 98.2 Å². The zero-order valence-corrected chi connectivity index (χ0v) is 34.8. The second-order valence-corrected chi connectivity index (χ2v) is 17.3. The summed E-state index contributed by atoms with van der Waals surface area (Å²) >= 11 is 13.1. The van der Waals surface area contributed by atoms with Crippen LogP contribution in [0.15, 0.2) is 97.1 Å². The number of carbonyl (C=O) groups excluding carboxylic acids is 2. The van der Waals surface area contributed by atoms with Gasteiger partial charge in [-0.2, -0.15) is 0 Å². The number of piperidine rings is 2. The number of rotatable bonds is 7. The van der Waals surface area contributed by atoms with Crippen LogP contribution in [0, 0.1) is 13.8 Å². The van der Waals surface area contributed by atoms with Crippen LogP contribution < -0.4 is 0 Å². The molecule has 0 radical (unpaired) electrons. The number of fused-ring (bicyclic) bond motifs is 4. The summed E-state index contributed by atoms with van der Waals surface area (Å²) in [6.45, 7) is 6.97. The Morgan fingerprint density at radius 2 is 1.10 bits per heavy atom. The number of nitrogens with zero attached hydrogens (tertiary/aromatic N) is 2. The molecule has 2 atom stereocenters. The largest absolute Gasteiger partial charge is 0.481 e. The Morgan fingerprint density at radius 3 is 1.57 bits per heavy atom. The van der Waals surface area contributed by atoms with Crippen molar-refractivity contribution in [3.63, 3.8) is 0 Å². The first-order valence-electron chi connectivity index (χ1n) is 20.4. The van der Waals surface area contributed by atoms with Crippen molar-refractivity contribution in [2.24, 2.45) is 0 Å². The Hall–Kier alpha value is -4.69. The highest BCUT2D eigenvalue weighted by Gasteiger charge is 2.49. The van der Waals surface area contributed by atoms with Crippen molar-refractivity contribution in [2.75, 3.05) is 32.8 Å². The fraction of sp³-hybridized carbons (Fsp3) is 0.367. The van der Waals surface area contributed by atoms with Crippen molar-refractivity contribution in [1.82, 2.24) is 9.80 Å². The van der Waals surface area contributed by atoms with Gasteiger partial charge in [-0.05, 0) is 134 Å². The summed E-state index contributed by atoms with van der Waals surface area (Å²) in [4.78, 5) is 41.0. The third-order valence-corrected chi connectivity index (χ3v) is 13.9. The molecule has 7 nitrogen and oxygen atoms in total. The van der Waals surface area contributed by atoms with Crippen LogP contribution in [0.5, 0.6) is 0 Å². The lowest BCUT2D eigenvalue weighted by Crippen LogP contribution is -2.44. The predicted octanol–water partition coefficient (Wildman–Crippen LogP) is 9.89. The number of benzene rings is 4. The van der Waals surface area contributed by atoms with E-state index in [9.17, 15) is 24.6 Å². The number of carboxylic acids is 1. The maximum atomic E-state index is 12.7. The molecule has 8 rings (SSSR count). The third kappa shape index (κ3) is 8.40. The van der Waals surface area contributed by atoms with E-state index in [-0.39, 0.29) is 29.3 Å². The van der Waals surface area contributed by atoms with Gasteiger partial charge in [0.15, 0.2) is 0 Å². The van der Waals surface area contributed by atoms with Crippen molar-refractivity contribution in [1.29, 1.82) is 0 Å². The molecule has 0 aromatic heterocycles. The molecule has 0 bridgehead atoms. The van der Waals surface area contributed by atoms with E-state index >= 15 is 0 Å². The Morgan fingerprint density at radius 1 is 0.655 bits per heavy atom. The van der Waals surface area contributed by atoms with Crippen LogP contribution in [0.3, 0.4) is 0 Å². The van der Waals surface area contributed by atoms with Gasteiger partial charge in [-0.15, -0.1) is 0 Å². The first-order valence-corrected chi connectivity index (χ1v) is 21.2. The number of aryl methyl sites for hydroxylation is 2. The third-order valence-electron chi connectivity index (χ3n) is 13.2. The molecule has 58 heavy (non-hydrogen) atoms. The SMILES string of the molecule is Cc1ccccc1/C=C/C(=O)N1CCC2(CC1)CC(C(=O)O)c1cccc(Cl)c12.Cc1ccccc1/C=C/C(=O)N1CCC2(CC1)CC(CCO)c1cccc(Cl)c12. The van der Waals surface area contributed by atoms with Gasteiger partial charge in [-0.1, -0.05) is 96.0 Å². The number of halogens is 2. The summed E-state index contributed by atoms with van der Waals surface area (Å²) < 4.78 is 0. The van der Waals surface area contributed by atoms with E-state index in [1.54, 1.807) is 12.2 Å². The first kappa shape index (κ1) is 41.5. The minimum atomic E-state index is -0.801. The Labute approximate surface area is 352 Å². The Bertz CT molecular complexity index is 2230. The van der Waals surface area contributed by atoms with Gasteiger partial charge in [0.1, 0.15) is 0 Å². The van der Waals surface area contributed by atoms with E-state index in [0.29, 0.717) is 30.5 Å². The molecule has 2 spiro atoms. The van der Waals surface area contributed by atoms with Crippen LogP contribution >= 0.6 is 23.2 Å². The molecule has 2 heterocycles. The highest BCUT2D eigenvalue weighted by molar-refractivity contribution is 6.32. The number of aliphatic hydroxyl groups is 1. The molecule has 2 unspecified atom stereocenters. The fourth-order valence-electron chi connectivity index (χ4n) is 10.1. The van der Waals surface area contributed by atoms with E-state index in [1.165, 1.54) is 16.7 Å². The van der Waals surface area contributed by atoms with Gasteiger partial charge < -0.3 is 20.0 Å². The van der Waals surface area contributed by atoms with Gasteiger partial charge >= 0.3 is 5.97 Å². The molecule has 2 N–H and O–H groups in total. The van der Waals surface area contributed by atoms with Gasteiger partial charge in [0.2, 0.25) is 11.8 Å². The zero-order chi connectivity index (χ0) is 41.0. The van der Waals surface area contributed by atoms with E-state index < -0.39 is 11.9 Å². The molecule has 4 aromatic rings. The maximum absolute atomic E-state index is 12.7. The molecular formula is C49H52Cl2N2O5. The molecule has 2 fully saturated rings. The van der Waals surface area contributed by atoms with Crippen molar-refractivity contribution in [3.8, 4) is 0 Å². The monoisotopic (exact) mass is 818 g/mol. The molecule has 2 saturated heterocycles. The van der Waals surface area contributed by atoms with Crippen LogP contribution in [0.1, 0.15) is 101 Å². The number of amides is 2. The number of carboxylic acid groups (broad SMARTS) is 1. The van der Waals surface area contributed by atoms with E-state index in [1.807, 2.05) is 102 Å². The summed E-state index contributed by atoms with van der Waals surface area (Å²) in [6, 6.07) is 27.8. The van der Waals surface area contributed by atoms with Crippen molar-refractivity contribution < 1.29 is 24.6 Å². The fourth-order valence-corrected chi connectivity index (χ4v) is 10.8. The molecule has 4 aromatic carbocycles. The van der Waals surface area contributed by atoms with Gasteiger partial charge in [0.05, 0.1) is 5.92 Å². The van der Waals surface area contributed by atoms with Crippen molar-refractivity contribution in [2.45, 2.75) is 81.5 Å². The quantitative estimate of drug-likeness (QED) is 0.181.